The topological polar surface area (TPSA) is 63.4 Å². The summed E-state index contributed by atoms with van der Waals surface area (Å²) < 4.78 is 34.8. The summed E-state index contributed by atoms with van der Waals surface area (Å²) in [6.07, 6.45) is 0. The van der Waals surface area contributed by atoms with Gasteiger partial charge in [-0.2, -0.15) is 0 Å². The zero-order valence-corrected chi connectivity index (χ0v) is 10.0. The molecule has 1 unspecified atom stereocenters. The molecule has 0 saturated carbocycles. The van der Waals surface area contributed by atoms with E-state index in [-0.39, 0.29) is 10.9 Å². The van der Waals surface area contributed by atoms with Crippen LogP contribution in [0.1, 0.15) is 11.6 Å². The molecule has 0 amide bonds. The van der Waals surface area contributed by atoms with Crippen LogP contribution in [-0.2, 0) is 10.0 Å². The van der Waals surface area contributed by atoms with Gasteiger partial charge in [0.1, 0.15) is 6.67 Å². The van der Waals surface area contributed by atoms with Crippen LogP contribution in [0.3, 0.4) is 0 Å². The maximum absolute atomic E-state index is 12.7. The summed E-state index contributed by atoms with van der Waals surface area (Å²) in [6.45, 7) is -0.526. The van der Waals surface area contributed by atoms with Crippen LogP contribution in [0.4, 0.5) is 4.39 Å². The number of sulfonamides is 1. The zero-order chi connectivity index (χ0) is 12.3. The molecule has 6 heteroatoms. The lowest BCUT2D eigenvalue weighted by atomic mass is 10.1. The van der Waals surface area contributed by atoms with Gasteiger partial charge in [-0.1, -0.05) is 12.1 Å². The Bertz CT molecular complexity index is 442. The summed E-state index contributed by atoms with van der Waals surface area (Å²) in [4.78, 5) is 1.76. The van der Waals surface area contributed by atoms with E-state index in [1.54, 1.807) is 31.1 Å². The number of benzene rings is 1. The van der Waals surface area contributed by atoms with Crippen molar-refractivity contribution in [2.75, 3.05) is 20.8 Å². The first-order valence-corrected chi connectivity index (χ1v) is 6.26. The van der Waals surface area contributed by atoms with Crippen molar-refractivity contribution in [2.24, 2.45) is 5.14 Å². The fourth-order valence-corrected chi connectivity index (χ4v) is 1.92. The van der Waals surface area contributed by atoms with E-state index in [1.165, 1.54) is 12.1 Å². The predicted molar refractivity (Wildman–Crippen MR) is 60.2 cm³/mol. The van der Waals surface area contributed by atoms with Gasteiger partial charge in [0.15, 0.2) is 0 Å². The number of halogens is 1. The van der Waals surface area contributed by atoms with Crippen LogP contribution in [0.15, 0.2) is 29.2 Å². The van der Waals surface area contributed by atoms with Crippen LogP contribution in [0.25, 0.3) is 0 Å². The fourth-order valence-electron chi connectivity index (χ4n) is 1.40. The second-order valence-corrected chi connectivity index (χ2v) is 5.31. The van der Waals surface area contributed by atoms with Gasteiger partial charge in [0.2, 0.25) is 10.0 Å². The minimum absolute atomic E-state index is 0.0348. The zero-order valence-electron chi connectivity index (χ0n) is 9.22. The second-order valence-electron chi connectivity index (χ2n) is 3.75. The minimum Gasteiger partial charge on any atom is -0.300 e. The molecule has 0 aliphatic carbocycles. The summed E-state index contributed by atoms with van der Waals surface area (Å²) in [7, 11) is -0.156. The molecule has 0 aliphatic heterocycles. The van der Waals surface area contributed by atoms with Crippen molar-refractivity contribution in [1.29, 1.82) is 0 Å². The molecule has 2 N–H and O–H groups in total. The molecule has 0 radical (unpaired) electrons. The minimum atomic E-state index is -3.68. The van der Waals surface area contributed by atoms with E-state index in [4.69, 9.17) is 5.14 Å². The Balaban J connectivity index is 3.03. The van der Waals surface area contributed by atoms with Crippen molar-refractivity contribution >= 4 is 10.0 Å². The molecule has 0 fully saturated rings. The Morgan fingerprint density at radius 2 is 1.81 bits per heavy atom. The van der Waals surface area contributed by atoms with Gasteiger partial charge in [-0.3, -0.25) is 0 Å². The molecule has 1 aromatic carbocycles. The van der Waals surface area contributed by atoms with E-state index >= 15 is 0 Å². The van der Waals surface area contributed by atoms with Crippen molar-refractivity contribution in [1.82, 2.24) is 4.90 Å². The number of hydrogen-bond acceptors (Lipinski definition) is 3. The van der Waals surface area contributed by atoms with Gasteiger partial charge < -0.3 is 4.90 Å². The Morgan fingerprint density at radius 3 is 2.12 bits per heavy atom. The van der Waals surface area contributed by atoms with E-state index in [1.807, 2.05) is 0 Å². The summed E-state index contributed by atoms with van der Waals surface area (Å²) in [6, 6.07) is 5.55. The highest BCUT2D eigenvalue weighted by atomic mass is 32.2. The maximum atomic E-state index is 12.7. The maximum Gasteiger partial charge on any atom is 0.238 e. The first kappa shape index (κ1) is 13.1. The molecule has 0 aliphatic rings. The Hall–Kier alpha value is -0.980. The molecule has 0 saturated heterocycles. The van der Waals surface area contributed by atoms with Gasteiger partial charge in [0.25, 0.3) is 0 Å². The lowest BCUT2D eigenvalue weighted by Crippen LogP contribution is -2.21. The van der Waals surface area contributed by atoms with Crippen LogP contribution < -0.4 is 5.14 Å². The molecule has 4 nitrogen and oxygen atoms in total. The molecular formula is C10H15FN2O2S. The Morgan fingerprint density at radius 1 is 1.31 bits per heavy atom. The average molecular weight is 246 g/mol. The first-order valence-electron chi connectivity index (χ1n) is 4.71. The number of nitrogens with zero attached hydrogens (tertiary/aromatic N) is 1. The molecule has 0 aromatic heterocycles. The summed E-state index contributed by atoms with van der Waals surface area (Å²) in [5.41, 5.74) is 0.722. The second kappa shape index (κ2) is 4.90. The van der Waals surface area contributed by atoms with Gasteiger partial charge in [-0.15, -0.1) is 0 Å². The summed E-state index contributed by atoms with van der Waals surface area (Å²) in [5.74, 6) is 0. The normalized spacial score (nSPS) is 14.1. The highest BCUT2D eigenvalue weighted by molar-refractivity contribution is 7.89. The largest absolute Gasteiger partial charge is 0.300 e. The highest BCUT2D eigenvalue weighted by Crippen LogP contribution is 2.20. The standard InChI is InChI=1S/C10H15FN2O2S/c1-13(2)10(7-11)8-3-5-9(6-4-8)16(12,14)15/h3-6,10H,7H2,1-2H3,(H2,12,14,15). The van der Waals surface area contributed by atoms with E-state index in [9.17, 15) is 12.8 Å². The third kappa shape index (κ3) is 3.01. The smallest absolute Gasteiger partial charge is 0.238 e. The molecule has 1 aromatic rings. The van der Waals surface area contributed by atoms with Gasteiger partial charge in [-0.05, 0) is 31.8 Å². The number of alkyl halides is 1. The highest BCUT2D eigenvalue weighted by Gasteiger charge is 2.14. The SMILES string of the molecule is CN(C)C(CF)c1ccc(S(N)(=O)=O)cc1. The van der Waals surface area contributed by atoms with Crippen LogP contribution in [0.5, 0.6) is 0 Å². The molecule has 0 spiro atoms. The van der Waals surface area contributed by atoms with Crippen LogP contribution >= 0.6 is 0 Å². The number of hydrogen-bond donors (Lipinski definition) is 1. The fraction of sp³-hybridized carbons (Fsp3) is 0.400. The Kier molecular flexibility index (Phi) is 4.01. The van der Waals surface area contributed by atoms with Gasteiger partial charge in [-0.25, -0.2) is 17.9 Å². The monoisotopic (exact) mass is 246 g/mol. The van der Waals surface area contributed by atoms with E-state index in [0.29, 0.717) is 0 Å². The molecule has 1 rings (SSSR count). The van der Waals surface area contributed by atoms with Crippen molar-refractivity contribution in [3.05, 3.63) is 29.8 Å². The van der Waals surface area contributed by atoms with Crippen LogP contribution in [0.2, 0.25) is 0 Å². The van der Waals surface area contributed by atoms with Crippen molar-refractivity contribution in [2.45, 2.75) is 10.9 Å². The predicted octanol–water partition coefficient (Wildman–Crippen LogP) is 0.906. The van der Waals surface area contributed by atoms with Gasteiger partial charge >= 0.3 is 0 Å². The number of nitrogens with two attached hydrogens (primary N) is 1. The lowest BCUT2D eigenvalue weighted by molar-refractivity contribution is 0.242. The number of primary sulfonamides is 1. The van der Waals surface area contributed by atoms with Crippen molar-refractivity contribution < 1.29 is 12.8 Å². The molecule has 90 valence electrons. The lowest BCUT2D eigenvalue weighted by Gasteiger charge is -2.21. The molecule has 0 heterocycles. The van der Waals surface area contributed by atoms with Crippen LogP contribution in [-0.4, -0.2) is 34.1 Å². The molecule has 0 bridgehead atoms. The third-order valence-corrected chi connectivity index (χ3v) is 3.29. The van der Waals surface area contributed by atoms with Gasteiger partial charge in [0.05, 0.1) is 10.9 Å². The molecular weight excluding hydrogens is 231 g/mol. The third-order valence-electron chi connectivity index (χ3n) is 2.36. The first-order chi connectivity index (χ1) is 7.36. The molecule has 1 atom stereocenters. The van der Waals surface area contributed by atoms with E-state index in [0.717, 1.165) is 5.56 Å². The van der Waals surface area contributed by atoms with E-state index < -0.39 is 16.7 Å². The van der Waals surface area contributed by atoms with E-state index in [2.05, 4.69) is 0 Å². The van der Waals surface area contributed by atoms with Crippen molar-refractivity contribution in [3.8, 4) is 0 Å². The van der Waals surface area contributed by atoms with Crippen molar-refractivity contribution in [3.63, 3.8) is 0 Å². The molecule has 16 heavy (non-hydrogen) atoms. The average Bonchev–Trinajstić information content (AvgIpc) is 2.17. The van der Waals surface area contributed by atoms with Crippen LogP contribution in [0, 0.1) is 0 Å². The number of rotatable bonds is 4. The quantitative estimate of drug-likeness (QED) is 0.858. The van der Waals surface area contributed by atoms with Gasteiger partial charge in [0, 0.05) is 0 Å². The Labute approximate surface area is 94.9 Å². The summed E-state index contributed by atoms with van der Waals surface area (Å²) >= 11 is 0. The summed E-state index contributed by atoms with van der Waals surface area (Å²) in [5, 5.41) is 4.96.